The fraction of sp³-hybridized carbons (Fsp3) is 0.474. The third kappa shape index (κ3) is 3.85. The maximum absolute atomic E-state index is 12.6. The van der Waals surface area contributed by atoms with Crippen molar-refractivity contribution in [3.63, 3.8) is 0 Å². The van der Waals surface area contributed by atoms with Crippen LogP contribution in [0.5, 0.6) is 5.75 Å². The molecule has 6 nitrogen and oxygen atoms in total. The lowest BCUT2D eigenvalue weighted by molar-refractivity contribution is -0.125. The lowest BCUT2D eigenvalue weighted by Gasteiger charge is -2.24. The maximum Gasteiger partial charge on any atom is 0.237 e. The largest absolute Gasteiger partial charge is 0.496 e. The van der Waals surface area contributed by atoms with Gasteiger partial charge in [0.1, 0.15) is 11.5 Å². The van der Waals surface area contributed by atoms with Crippen molar-refractivity contribution in [2.75, 3.05) is 13.7 Å². The van der Waals surface area contributed by atoms with E-state index in [9.17, 15) is 4.79 Å². The van der Waals surface area contributed by atoms with Gasteiger partial charge in [-0.2, -0.15) is 0 Å². The molecule has 6 heteroatoms. The monoisotopic (exact) mass is 343 g/mol. The Bertz CT molecular complexity index is 728. The van der Waals surface area contributed by atoms with E-state index in [-0.39, 0.29) is 11.9 Å². The van der Waals surface area contributed by atoms with Crippen LogP contribution in [0, 0.1) is 13.8 Å². The zero-order chi connectivity index (χ0) is 17.8. The first kappa shape index (κ1) is 17.5. The van der Waals surface area contributed by atoms with E-state index in [2.05, 4.69) is 15.2 Å². The number of likely N-dealkylation sites (tertiary alicyclic amines) is 1. The molecule has 3 heterocycles. The van der Waals surface area contributed by atoms with E-state index in [0.717, 1.165) is 47.7 Å². The molecule has 0 aliphatic carbocycles. The maximum atomic E-state index is 12.6. The molecule has 0 unspecified atom stereocenters. The van der Waals surface area contributed by atoms with Gasteiger partial charge < -0.3 is 14.5 Å². The first-order chi connectivity index (χ1) is 12.1. The van der Waals surface area contributed by atoms with E-state index in [1.54, 1.807) is 13.4 Å². The van der Waals surface area contributed by atoms with Crippen molar-refractivity contribution < 1.29 is 13.9 Å². The SMILES string of the molecule is COc1c(C)cnc(CN2CCC[C@H]2C(=O)NCc2ccco2)c1C. The summed E-state index contributed by atoms with van der Waals surface area (Å²) in [4.78, 5) is 19.3. The van der Waals surface area contributed by atoms with E-state index in [4.69, 9.17) is 9.15 Å². The van der Waals surface area contributed by atoms with Crippen LogP contribution in [0.25, 0.3) is 0 Å². The van der Waals surface area contributed by atoms with Crippen LogP contribution in [0.2, 0.25) is 0 Å². The number of nitrogens with one attached hydrogen (secondary N) is 1. The first-order valence-corrected chi connectivity index (χ1v) is 8.63. The summed E-state index contributed by atoms with van der Waals surface area (Å²) in [6.07, 6.45) is 5.33. The fourth-order valence-electron chi connectivity index (χ4n) is 3.44. The highest BCUT2D eigenvalue weighted by molar-refractivity contribution is 5.81. The first-order valence-electron chi connectivity index (χ1n) is 8.63. The van der Waals surface area contributed by atoms with E-state index in [1.807, 2.05) is 32.2 Å². The lowest BCUT2D eigenvalue weighted by Crippen LogP contribution is -2.42. The molecule has 0 aromatic carbocycles. The van der Waals surface area contributed by atoms with E-state index < -0.39 is 0 Å². The van der Waals surface area contributed by atoms with Crippen LogP contribution in [-0.2, 0) is 17.9 Å². The molecule has 1 aliphatic heterocycles. The van der Waals surface area contributed by atoms with E-state index in [1.165, 1.54) is 0 Å². The second-order valence-corrected chi connectivity index (χ2v) is 6.47. The number of hydrogen-bond acceptors (Lipinski definition) is 5. The standard InChI is InChI=1S/C19H25N3O3/c1-13-10-20-16(14(2)18(13)24-3)12-22-8-4-7-17(22)19(23)21-11-15-6-5-9-25-15/h5-6,9-10,17H,4,7-8,11-12H2,1-3H3,(H,21,23)/t17-/m0/s1. The average molecular weight is 343 g/mol. The molecular weight excluding hydrogens is 318 g/mol. The minimum atomic E-state index is -0.122. The minimum absolute atomic E-state index is 0.0469. The van der Waals surface area contributed by atoms with Crippen LogP contribution >= 0.6 is 0 Å². The van der Waals surface area contributed by atoms with Gasteiger partial charge in [0.15, 0.2) is 0 Å². The quantitative estimate of drug-likeness (QED) is 0.873. The topological polar surface area (TPSA) is 67.6 Å². The predicted molar refractivity (Wildman–Crippen MR) is 94.2 cm³/mol. The Hall–Kier alpha value is -2.34. The summed E-state index contributed by atoms with van der Waals surface area (Å²) in [7, 11) is 1.68. The summed E-state index contributed by atoms with van der Waals surface area (Å²) >= 11 is 0. The number of rotatable bonds is 6. The molecule has 1 fully saturated rings. The Morgan fingerprint density at radius 3 is 3.04 bits per heavy atom. The summed E-state index contributed by atoms with van der Waals surface area (Å²) in [5, 5.41) is 2.97. The molecule has 0 radical (unpaired) electrons. The molecule has 1 atom stereocenters. The molecule has 0 spiro atoms. The molecule has 1 saturated heterocycles. The Morgan fingerprint density at radius 1 is 1.48 bits per heavy atom. The van der Waals surface area contributed by atoms with Gasteiger partial charge in [-0.25, -0.2) is 0 Å². The number of aryl methyl sites for hydroxylation is 1. The number of amides is 1. The van der Waals surface area contributed by atoms with Crippen LogP contribution in [-0.4, -0.2) is 35.5 Å². The summed E-state index contributed by atoms with van der Waals surface area (Å²) in [5.74, 6) is 1.69. The highest BCUT2D eigenvalue weighted by Crippen LogP contribution is 2.27. The van der Waals surface area contributed by atoms with Crippen molar-refractivity contribution in [1.82, 2.24) is 15.2 Å². The molecular formula is C19H25N3O3. The van der Waals surface area contributed by atoms with Gasteiger partial charge in [-0.3, -0.25) is 14.7 Å². The zero-order valence-corrected chi connectivity index (χ0v) is 15.0. The number of carbonyl (C=O) groups is 1. The molecule has 1 aliphatic rings. The van der Waals surface area contributed by atoms with Gasteiger partial charge in [-0.05, 0) is 45.4 Å². The van der Waals surface area contributed by atoms with Crippen molar-refractivity contribution in [3.05, 3.63) is 47.2 Å². The van der Waals surface area contributed by atoms with Gasteiger partial charge in [0, 0.05) is 23.9 Å². The van der Waals surface area contributed by atoms with Crippen molar-refractivity contribution in [3.8, 4) is 5.75 Å². The Kier molecular flexibility index (Phi) is 5.38. The van der Waals surface area contributed by atoms with Gasteiger partial charge in [0.05, 0.1) is 31.7 Å². The smallest absolute Gasteiger partial charge is 0.237 e. The predicted octanol–water partition coefficient (Wildman–Crippen LogP) is 2.58. The van der Waals surface area contributed by atoms with Crippen LogP contribution < -0.4 is 10.1 Å². The molecule has 25 heavy (non-hydrogen) atoms. The minimum Gasteiger partial charge on any atom is -0.496 e. The van der Waals surface area contributed by atoms with E-state index >= 15 is 0 Å². The molecule has 134 valence electrons. The third-order valence-corrected chi connectivity index (χ3v) is 4.79. The van der Waals surface area contributed by atoms with Crippen LogP contribution in [0.1, 0.15) is 35.4 Å². The summed E-state index contributed by atoms with van der Waals surface area (Å²) < 4.78 is 10.8. The van der Waals surface area contributed by atoms with Crippen molar-refractivity contribution in [2.24, 2.45) is 0 Å². The molecule has 0 bridgehead atoms. The van der Waals surface area contributed by atoms with Gasteiger partial charge in [0.25, 0.3) is 0 Å². The van der Waals surface area contributed by atoms with E-state index in [0.29, 0.717) is 13.1 Å². The number of hydrogen-bond donors (Lipinski definition) is 1. The highest BCUT2D eigenvalue weighted by Gasteiger charge is 2.31. The number of nitrogens with zero attached hydrogens (tertiary/aromatic N) is 2. The molecule has 1 N–H and O–H groups in total. The Morgan fingerprint density at radius 2 is 2.32 bits per heavy atom. The normalized spacial score (nSPS) is 17.6. The summed E-state index contributed by atoms with van der Waals surface area (Å²) in [5.41, 5.74) is 3.04. The molecule has 2 aromatic rings. The van der Waals surface area contributed by atoms with Gasteiger partial charge in [-0.15, -0.1) is 0 Å². The third-order valence-electron chi connectivity index (χ3n) is 4.79. The molecule has 2 aromatic heterocycles. The van der Waals surface area contributed by atoms with Crippen molar-refractivity contribution in [2.45, 2.75) is 45.8 Å². The molecule has 3 rings (SSSR count). The van der Waals surface area contributed by atoms with Gasteiger partial charge in [0.2, 0.25) is 5.91 Å². The van der Waals surface area contributed by atoms with Crippen molar-refractivity contribution >= 4 is 5.91 Å². The Labute approximate surface area is 148 Å². The number of pyridine rings is 1. The number of carbonyl (C=O) groups excluding carboxylic acids is 1. The van der Waals surface area contributed by atoms with Crippen LogP contribution in [0.4, 0.5) is 0 Å². The van der Waals surface area contributed by atoms with Gasteiger partial charge in [-0.1, -0.05) is 0 Å². The zero-order valence-electron chi connectivity index (χ0n) is 15.0. The summed E-state index contributed by atoms with van der Waals surface area (Å²) in [6.45, 7) is 5.99. The second-order valence-electron chi connectivity index (χ2n) is 6.47. The van der Waals surface area contributed by atoms with Crippen LogP contribution in [0.3, 0.4) is 0 Å². The number of ether oxygens (including phenoxy) is 1. The molecule has 1 amide bonds. The highest BCUT2D eigenvalue weighted by atomic mass is 16.5. The number of methoxy groups -OCH3 is 1. The Balaban J connectivity index is 1.66. The average Bonchev–Trinajstić information content (AvgIpc) is 3.27. The lowest BCUT2D eigenvalue weighted by atomic mass is 10.1. The fourth-order valence-corrected chi connectivity index (χ4v) is 3.44. The van der Waals surface area contributed by atoms with Crippen LogP contribution in [0.15, 0.2) is 29.0 Å². The number of furan rings is 1. The summed E-state index contributed by atoms with van der Waals surface area (Å²) in [6, 6.07) is 3.56. The molecule has 0 saturated carbocycles. The second kappa shape index (κ2) is 7.70. The number of aromatic nitrogens is 1. The van der Waals surface area contributed by atoms with Crippen molar-refractivity contribution in [1.29, 1.82) is 0 Å². The van der Waals surface area contributed by atoms with Gasteiger partial charge >= 0.3 is 0 Å².